The van der Waals surface area contributed by atoms with E-state index in [9.17, 15) is 0 Å². The molecule has 6 aromatic rings. The number of rotatable bonds is 6. The molecule has 0 spiro atoms. The van der Waals surface area contributed by atoms with Crippen LogP contribution < -0.4 is 0 Å². The van der Waals surface area contributed by atoms with E-state index in [1.54, 1.807) is 0 Å². The lowest BCUT2D eigenvalue weighted by Crippen LogP contribution is -2.43. The van der Waals surface area contributed by atoms with E-state index in [4.69, 9.17) is 15.3 Å². The molecule has 0 aliphatic heterocycles. The van der Waals surface area contributed by atoms with Crippen LogP contribution in [0.1, 0.15) is 79.0 Å². The quantitative estimate of drug-likeness (QED) is 0.184. The van der Waals surface area contributed by atoms with Crippen LogP contribution in [0.15, 0.2) is 91.8 Å². The number of hydrogen-bond acceptors (Lipinski definition) is 6. The predicted octanol–water partition coefficient (Wildman–Crippen LogP) is 7.28. The fraction of sp³-hybridized carbons (Fsp3) is 0.333. The van der Waals surface area contributed by atoms with Gasteiger partial charge in [-0.3, -0.25) is 28.7 Å². The van der Waals surface area contributed by atoms with E-state index < -0.39 is 7.12 Å². The van der Waals surface area contributed by atoms with Crippen LogP contribution in [0.2, 0.25) is 0 Å². The summed E-state index contributed by atoms with van der Waals surface area (Å²) in [7, 11) is -0.529. The number of pyridine rings is 3. The monoisotopic (exact) mass is 611 g/mol. The Morgan fingerprint density at radius 3 is 0.957 bits per heavy atom. The fourth-order valence-corrected chi connectivity index (χ4v) is 5.28. The van der Waals surface area contributed by atoms with Gasteiger partial charge in [0.15, 0.2) is 0 Å². The van der Waals surface area contributed by atoms with Gasteiger partial charge in [-0.2, -0.15) is 15.3 Å². The van der Waals surface area contributed by atoms with Gasteiger partial charge in [-0.1, -0.05) is 62.3 Å². The van der Waals surface area contributed by atoms with Crippen molar-refractivity contribution >= 4 is 7.12 Å². The van der Waals surface area contributed by atoms with Crippen molar-refractivity contribution in [2.24, 2.45) is 0 Å². The summed E-state index contributed by atoms with van der Waals surface area (Å²) in [5.74, 6) is 0. The molecular formula is C36H42BN9. The highest BCUT2D eigenvalue weighted by molar-refractivity contribution is 6.52. The van der Waals surface area contributed by atoms with Crippen molar-refractivity contribution < 1.29 is 0 Å². The molecular weight excluding hydrogens is 569 g/mol. The van der Waals surface area contributed by atoms with Gasteiger partial charge in [0.25, 0.3) is 0 Å². The third kappa shape index (κ3) is 6.43. The molecule has 0 N–H and O–H groups in total. The first-order chi connectivity index (χ1) is 21.7. The van der Waals surface area contributed by atoms with Crippen molar-refractivity contribution in [2.45, 2.75) is 78.6 Å². The summed E-state index contributed by atoms with van der Waals surface area (Å²) in [6.07, 6.45) is 11.4. The van der Waals surface area contributed by atoms with E-state index in [1.807, 2.05) is 69.2 Å². The van der Waals surface area contributed by atoms with Gasteiger partial charge in [-0.05, 0) is 87.5 Å². The van der Waals surface area contributed by atoms with Crippen LogP contribution in [-0.4, -0.2) is 51.1 Å². The third-order valence-electron chi connectivity index (χ3n) is 8.20. The van der Waals surface area contributed by atoms with Crippen LogP contribution in [0.3, 0.4) is 0 Å². The SMILES string of the molecule is CC(C)(C)c1ccnc(-c2ccn(B(n3ccc(-c4cc(C(C)(C)C)ccn4)n3)n3ccc(-c4cc(C(C)(C)C)ccn4)n3)n2)c1. The molecule has 234 valence electrons. The lowest BCUT2D eigenvalue weighted by molar-refractivity contribution is 0.589. The smallest absolute Gasteiger partial charge is 0.268 e. The number of aromatic nitrogens is 9. The second-order valence-electron chi connectivity index (χ2n) is 14.9. The molecule has 6 aromatic heterocycles. The topological polar surface area (TPSA) is 92.1 Å². The van der Waals surface area contributed by atoms with Crippen LogP contribution in [0.25, 0.3) is 34.2 Å². The Bertz CT molecular complexity index is 1750. The van der Waals surface area contributed by atoms with E-state index in [2.05, 4.69) is 114 Å². The summed E-state index contributed by atoms with van der Waals surface area (Å²) in [6, 6.07) is 18.5. The molecule has 10 heteroatoms. The Balaban J connectivity index is 1.43. The van der Waals surface area contributed by atoms with Crippen LogP contribution in [0.5, 0.6) is 0 Å². The minimum absolute atomic E-state index is 0.00360. The van der Waals surface area contributed by atoms with E-state index in [1.165, 1.54) is 16.7 Å². The van der Waals surface area contributed by atoms with Gasteiger partial charge in [0.2, 0.25) is 0 Å². The lowest BCUT2D eigenvalue weighted by Gasteiger charge is -2.19. The van der Waals surface area contributed by atoms with Gasteiger partial charge >= 0.3 is 7.12 Å². The summed E-state index contributed by atoms with van der Waals surface area (Å²) in [5, 5.41) is 15.0. The summed E-state index contributed by atoms with van der Waals surface area (Å²) in [5.41, 5.74) is 8.37. The molecule has 0 amide bonds. The zero-order valence-electron chi connectivity index (χ0n) is 28.3. The molecule has 6 rings (SSSR count). The van der Waals surface area contributed by atoms with Crippen LogP contribution in [-0.2, 0) is 16.2 Å². The molecule has 0 fully saturated rings. The Morgan fingerprint density at radius 1 is 0.413 bits per heavy atom. The lowest BCUT2D eigenvalue weighted by atomic mass is 9.87. The van der Waals surface area contributed by atoms with Crippen molar-refractivity contribution in [3.05, 3.63) is 108 Å². The normalized spacial score (nSPS) is 12.5. The number of hydrogen-bond donors (Lipinski definition) is 0. The summed E-state index contributed by atoms with van der Waals surface area (Å²) >= 11 is 0. The summed E-state index contributed by atoms with van der Waals surface area (Å²) in [6.45, 7) is 19.8. The first-order valence-electron chi connectivity index (χ1n) is 15.7. The van der Waals surface area contributed by atoms with Gasteiger partial charge in [0.05, 0.1) is 17.1 Å². The highest BCUT2D eigenvalue weighted by Crippen LogP contribution is 2.28. The molecule has 0 unspecified atom stereocenters. The Hall–Kier alpha value is -4.86. The predicted molar refractivity (Wildman–Crippen MR) is 184 cm³/mol. The largest absolute Gasteiger partial charge is 0.568 e. The molecule has 0 radical (unpaired) electrons. The molecule has 0 aliphatic rings. The zero-order chi connectivity index (χ0) is 32.9. The first-order valence-corrected chi connectivity index (χ1v) is 15.7. The van der Waals surface area contributed by atoms with E-state index in [0.717, 1.165) is 34.2 Å². The molecule has 0 saturated carbocycles. The maximum absolute atomic E-state index is 5.01. The van der Waals surface area contributed by atoms with Gasteiger partial charge in [0.1, 0.15) is 17.1 Å². The van der Waals surface area contributed by atoms with E-state index in [0.29, 0.717) is 0 Å². The summed E-state index contributed by atoms with van der Waals surface area (Å²) < 4.78 is 5.60. The Morgan fingerprint density at radius 2 is 0.696 bits per heavy atom. The minimum Gasteiger partial charge on any atom is -0.268 e. The zero-order valence-corrected chi connectivity index (χ0v) is 28.3. The van der Waals surface area contributed by atoms with Crippen molar-refractivity contribution in [3.63, 3.8) is 0 Å². The second-order valence-corrected chi connectivity index (χ2v) is 14.9. The van der Waals surface area contributed by atoms with Crippen LogP contribution >= 0.6 is 0 Å². The first kappa shape index (κ1) is 31.1. The van der Waals surface area contributed by atoms with Crippen LogP contribution in [0, 0.1) is 0 Å². The molecule has 46 heavy (non-hydrogen) atoms. The third-order valence-corrected chi connectivity index (χ3v) is 8.20. The highest BCUT2D eigenvalue weighted by Gasteiger charge is 2.30. The maximum atomic E-state index is 5.01. The summed E-state index contributed by atoms with van der Waals surface area (Å²) in [4.78, 5) is 13.9. The minimum atomic E-state index is -0.529. The maximum Gasteiger partial charge on any atom is 0.568 e. The highest BCUT2D eigenvalue weighted by atomic mass is 15.4. The fourth-order valence-electron chi connectivity index (χ4n) is 5.28. The molecule has 0 aliphatic carbocycles. The average molecular weight is 612 g/mol. The number of nitrogens with zero attached hydrogens (tertiary/aromatic N) is 9. The molecule has 9 nitrogen and oxygen atoms in total. The van der Waals surface area contributed by atoms with Crippen molar-refractivity contribution in [2.75, 3.05) is 0 Å². The molecule has 0 aromatic carbocycles. The van der Waals surface area contributed by atoms with Gasteiger partial charge in [-0.15, -0.1) is 0 Å². The standard InChI is InChI=1S/C36H42BN9/c1-34(2,3)25-10-16-38-31(22-25)28-13-19-44(41-28)37(45-20-14-29(42-45)32-23-26(11-17-39-32)35(4,5)6)46-21-15-30(43-46)33-24-27(12-18-40-33)36(7,8)9/h10-24H,1-9H3. The van der Waals surface area contributed by atoms with E-state index >= 15 is 0 Å². The van der Waals surface area contributed by atoms with Crippen molar-refractivity contribution in [1.82, 2.24) is 44.0 Å². The Kier molecular flexibility index (Phi) is 7.78. The van der Waals surface area contributed by atoms with Crippen LogP contribution in [0.4, 0.5) is 0 Å². The average Bonchev–Trinajstić information content (AvgIpc) is 3.79. The molecule has 6 heterocycles. The molecule has 0 saturated heterocycles. The second kappa shape index (κ2) is 11.5. The Labute approximate surface area is 271 Å². The van der Waals surface area contributed by atoms with Gasteiger partial charge in [0, 0.05) is 37.2 Å². The molecule has 0 atom stereocenters. The molecule has 0 bridgehead atoms. The van der Waals surface area contributed by atoms with Crippen molar-refractivity contribution in [3.8, 4) is 34.2 Å². The van der Waals surface area contributed by atoms with Gasteiger partial charge in [-0.25, -0.2) is 0 Å². The van der Waals surface area contributed by atoms with Crippen molar-refractivity contribution in [1.29, 1.82) is 0 Å². The van der Waals surface area contributed by atoms with E-state index in [-0.39, 0.29) is 16.2 Å². The van der Waals surface area contributed by atoms with Gasteiger partial charge < -0.3 is 0 Å².